The second-order valence-corrected chi connectivity index (χ2v) is 3.12. The second kappa shape index (κ2) is 10.9. The van der Waals surface area contributed by atoms with Gasteiger partial charge in [-0.25, -0.2) is 0 Å². The van der Waals surface area contributed by atoms with Crippen LogP contribution in [0.1, 0.15) is 19.8 Å². The molecular weight excluding hydrogens is 182 g/mol. The van der Waals surface area contributed by atoms with Crippen LogP contribution in [0.4, 0.5) is 0 Å². The Labute approximate surface area is 86.7 Å². The summed E-state index contributed by atoms with van der Waals surface area (Å²) in [7, 11) is 1.66. The van der Waals surface area contributed by atoms with Crippen molar-refractivity contribution in [1.29, 1.82) is 0 Å². The van der Waals surface area contributed by atoms with Crippen LogP contribution in [0.2, 0.25) is 0 Å². The van der Waals surface area contributed by atoms with Crippen molar-refractivity contribution >= 4 is 0 Å². The number of methoxy groups -OCH3 is 1. The van der Waals surface area contributed by atoms with Gasteiger partial charge in [-0.05, 0) is 6.42 Å². The average molecular weight is 205 g/mol. The van der Waals surface area contributed by atoms with Crippen molar-refractivity contribution in [3.05, 3.63) is 0 Å². The highest BCUT2D eigenvalue weighted by Crippen LogP contribution is 1.99. The molecule has 0 radical (unpaired) electrons. The standard InChI is InChI=1S/C10H23NO3/c1-3-4-10(9-11)14-8-7-13-6-5-12-2/h10H,3-9,11H2,1-2H3. The molecule has 0 aromatic carbocycles. The summed E-state index contributed by atoms with van der Waals surface area (Å²) in [4.78, 5) is 0. The van der Waals surface area contributed by atoms with Gasteiger partial charge in [-0.15, -0.1) is 0 Å². The molecule has 4 heteroatoms. The zero-order valence-electron chi connectivity index (χ0n) is 9.33. The maximum atomic E-state index is 5.54. The van der Waals surface area contributed by atoms with Gasteiger partial charge in [0.1, 0.15) is 0 Å². The highest BCUT2D eigenvalue weighted by molar-refractivity contribution is 4.56. The van der Waals surface area contributed by atoms with E-state index in [-0.39, 0.29) is 6.10 Å². The molecule has 86 valence electrons. The first-order valence-corrected chi connectivity index (χ1v) is 5.23. The maximum Gasteiger partial charge on any atom is 0.0704 e. The SMILES string of the molecule is CCCC(CN)OCCOCCOC. The zero-order valence-corrected chi connectivity index (χ0v) is 9.33. The topological polar surface area (TPSA) is 53.7 Å². The van der Waals surface area contributed by atoms with Crippen LogP contribution >= 0.6 is 0 Å². The average Bonchev–Trinajstić information content (AvgIpc) is 2.21. The maximum absolute atomic E-state index is 5.54. The second-order valence-electron chi connectivity index (χ2n) is 3.12. The normalized spacial score (nSPS) is 13.1. The zero-order chi connectivity index (χ0) is 10.6. The quantitative estimate of drug-likeness (QED) is 0.536. The van der Waals surface area contributed by atoms with E-state index in [4.69, 9.17) is 19.9 Å². The van der Waals surface area contributed by atoms with Crippen LogP contribution in [0.15, 0.2) is 0 Å². The summed E-state index contributed by atoms with van der Waals surface area (Å²) < 4.78 is 15.6. The summed E-state index contributed by atoms with van der Waals surface area (Å²) >= 11 is 0. The number of hydrogen-bond donors (Lipinski definition) is 1. The minimum Gasteiger partial charge on any atom is -0.382 e. The molecule has 0 saturated heterocycles. The van der Waals surface area contributed by atoms with E-state index in [2.05, 4.69) is 6.92 Å². The molecule has 0 heterocycles. The molecule has 0 aliphatic heterocycles. The van der Waals surface area contributed by atoms with E-state index in [9.17, 15) is 0 Å². The number of rotatable bonds is 10. The fourth-order valence-electron chi connectivity index (χ4n) is 1.11. The van der Waals surface area contributed by atoms with E-state index in [1.165, 1.54) is 0 Å². The molecule has 1 atom stereocenters. The Bertz CT molecular complexity index is 112. The minimum absolute atomic E-state index is 0.186. The Morgan fingerprint density at radius 1 is 1.14 bits per heavy atom. The van der Waals surface area contributed by atoms with Gasteiger partial charge in [0.25, 0.3) is 0 Å². The van der Waals surface area contributed by atoms with Crippen LogP contribution < -0.4 is 5.73 Å². The van der Waals surface area contributed by atoms with E-state index >= 15 is 0 Å². The highest BCUT2D eigenvalue weighted by atomic mass is 16.5. The first kappa shape index (κ1) is 13.8. The van der Waals surface area contributed by atoms with Gasteiger partial charge >= 0.3 is 0 Å². The van der Waals surface area contributed by atoms with Gasteiger partial charge in [0, 0.05) is 13.7 Å². The van der Waals surface area contributed by atoms with Gasteiger partial charge in [0.2, 0.25) is 0 Å². The van der Waals surface area contributed by atoms with Crippen LogP contribution in [-0.2, 0) is 14.2 Å². The van der Waals surface area contributed by atoms with Gasteiger partial charge in [0.05, 0.1) is 32.5 Å². The van der Waals surface area contributed by atoms with Crippen molar-refractivity contribution < 1.29 is 14.2 Å². The monoisotopic (exact) mass is 205 g/mol. The molecule has 14 heavy (non-hydrogen) atoms. The Hall–Kier alpha value is -0.160. The fraction of sp³-hybridized carbons (Fsp3) is 1.00. The van der Waals surface area contributed by atoms with Crippen molar-refractivity contribution in [3.8, 4) is 0 Å². The molecule has 0 aromatic heterocycles. The van der Waals surface area contributed by atoms with Crippen LogP contribution in [0, 0.1) is 0 Å². The van der Waals surface area contributed by atoms with Gasteiger partial charge < -0.3 is 19.9 Å². The molecule has 0 fully saturated rings. The van der Waals surface area contributed by atoms with E-state index in [0.29, 0.717) is 33.0 Å². The molecule has 0 rings (SSSR count). The molecular formula is C10H23NO3. The Morgan fingerprint density at radius 3 is 2.43 bits per heavy atom. The molecule has 0 bridgehead atoms. The third kappa shape index (κ3) is 8.44. The van der Waals surface area contributed by atoms with Gasteiger partial charge in [-0.3, -0.25) is 0 Å². The lowest BCUT2D eigenvalue weighted by molar-refractivity contribution is -0.00600. The Kier molecular flexibility index (Phi) is 10.8. The van der Waals surface area contributed by atoms with E-state index < -0.39 is 0 Å². The largest absolute Gasteiger partial charge is 0.382 e. The Balaban J connectivity index is 3.15. The van der Waals surface area contributed by atoms with Crippen LogP contribution in [-0.4, -0.2) is 46.2 Å². The van der Waals surface area contributed by atoms with Gasteiger partial charge in [-0.1, -0.05) is 13.3 Å². The third-order valence-electron chi connectivity index (χ3n) is 1.89. The van der Waals surface area contributed by atoms with Crippen molar-refractivity contribution in [1.82, 2.24) is 0 Å². The van der Waals surface area contributed by atoms with E-state index in [0.717, 1.165) is 12.8 Å². The smallest absolute Gasteiger partial charge is 0.0704 e. The van der Waals surface area contributed by atoms with Crippen molar-refractivity contribution in [2.75, 3.05) is 40.1 Å². The number of nitrogens with two attached hydrogens (primary N) is 1. The lowest BCUT2D eigenvalue weighted by Crippen LogP contribution is -2.25. The summed E-state index contributed by atoms with van der Waals surface area (Å²) in [6.45, 7) is 5.21. The molecule has 2 N–H and O–H groups in total. The molecule has 0 saturated carbocycles. The lowest BCUT2D eigenvalue weighted by Gasteiger charge is -2.14. The summed E-state index contributed by atoms with van der Waals surface area (Å²) in [5.74, 6) is 0. The first-order valence-electron chi connectivity index (χ1n) is 5.23. The Morgan fingerprint density at radius 2 is 1.86 bits per heavy atom. The van der Waals surface area contributed by atoms with Gasteiger partial charge in [-0.2, -0.15) is 0 Å². The molecule has 0 aromatic rings. The summed E-state index contributed by atoms with van der Waals surface area (Å²) in [5.41, 5.74) is 5.54. The van der Waals surface area contributed by atoms with E-state index in [1.54, 1.807) is 7.11 Å². The van der Waals surface area contributed by atoms with Crippen LogP contribution in [0.5, 0.6) is 0 Å². The third-order valence-corrected chi connectivity index (χ3v) is 1.89. The summed E-state index contributed by atoms with van der Waals surface area (Å²) in [6, 6.07) is 0. The van der Waals surface area contributed by atoms with Crippen molar-refractivity contribution in [2.24, 2.45) is 5.73 Å². The predicted molar refractivity (Wildman–Crippen MR) is 56.4 cm³/mol. The number of hydrogen-bond acceptors (Lipinski definition) is 4. The lowest BCUT2D eigenvalue weighted by atomic mass is 10.2. The molecule has 0 amide bonds. The number of ether oxygens (including phenoxy) is 3. The van der Waals surface area contributed by atoms with Crippen LogP contribution in [0.3, 0.4) is 0 Å². The summed E-state index contributed by atoms with van der Waals surface area (Å²) in [6.07, 6.45) is 2.31. The van der Waals surface area contributed by atoms with Crippen molar-refractivity contribution in [2.45, 2.75) is 25.9 Å². The van der Waals surface area contributed by atoms with Crippen LogP contribution in [0.25, 0.3) is 0 Å². The predicted octanol–water partition coefficient (Wildman–Crippen LogP) is 0.793. The molecule has 0 aliphatic carbocycles. The molecule has 1 unspecified atom stereocenters. The minimum atomic E-state index is 0.186. The van der Waals surface area contributed by atoms with Crippen molar-refractivity contribution in [3.63, 3.8) is 0 Å². The molecule has 4 nitrogen and oxygen atoms in total. The molecule has 0 spiro atoms. The summed E-state index contributed by atoms with van der Waals surface area (Å²) in [5, 5.41) is 0. The first-order chi connectivity index (χ1) is 6.85. The van der Waals surface area contributed by atoms with Gasteiger partial charge in [0.15, 0.2) is 0 Å². The molecule has 0 aliphatic rings. The van der Waals surface area contributed by atoms with E-state index in [1.807, 2.05) is 0 Å². The fourth-order valence-corrected chi connectivity index (χ4v) is 1.11. The highest BCUT2D eigenvalue weighted by Gasteiger charge is 2.04.